The first kappa shape index (κ1) is 27.0. The van der Waals surface area contributed by atoms with Gasteiger partial charge in [-0.1, -0.05) is 46.3 Å². The van der Waals surface area contributed by atoms with Crippen molar-refractivity contribution in [2.24, 2.45) is 0 Å². The minimum absolute atomic E-state index is 0.117. The highest BCUT2D eigenvalue weighted by Gasteiger charge is 2.48. The fourth-order valence-corrected chi connectivity index (χ4v) is 6.82. The van der Waals surface area contributed by atoms with Gasteiger partial charge in [0.25, 0.3) is 0 Å². The molecular weight excluding hydrogens is 442 g/mol. The third-order valence-corrected chi connectivity index (χ3v) is 12.7. The quantitative estimate of drug-likeness (QED) is 0.137. The maximum Gasteiger partial charge on any atom is 0.351 e. The first-order valence-electron chi connectivity index (χ1n) is 13.3. The summed E-state index contributed by atoms with van der Waals surface area (Å²) in [7, 11) is -1.72. The molecule has 0 bridgehead atoms. The number of nitrogens with one attached hydrogen (secondary N) is 2. The number of rotatable bonds is 11. The molecule has 7 heteroatoms. The van der Waals surface area contributed by atoms with Crippen molar-refractivity contribution in [3.8, 4) is 0 Å². The summed E-state index contributed by atoms with van der Waals surface area (Å²) >= 11 is 0. The van der Waals surface area contributed by atoms with Crippen LogP contribution in [0.25, 0.3) is 0 Å². The smallest absolute Gasteiger partial charge is 0.351 e. The van der Waals surface area contributed by atoms with Crippen molar-refractivity contribution in [2.45, 2.75) is 128 Å². The predicted molar refractivity (Wildman–Crippen MR) is 141 cm³/mol. The lowest BCUT2D eigenvalue weighted by atomic mass is 9.97. The summed E-state index contributed by atoms with van der Waals surface area (Å²) in [5.41, 5.74) is 1.87. The molecule has 0 radical (unpaired) electrons. The van der Waals surface area contributed by atoms with Gasteiger partial charge in [-0.3, -0.25) is 9.89 Å². The fraction of sp³-hybridized carbons (Fsp3) is 0.778. The average Bonchev–Trinajstić information content (AvgIpc) is 3.14. The largest absolute Gasteiger partial charge is 0.458 e. The Labute approximate surface area is 208 Å². The van der Waals surface area contributed by atoms with Crippen molar-refractivity contribution >= 4 is 20.2 Å². The highest BCUT2D eigenvalue weighted by atomic mass is 28.4. The van der Waals surface area contributed by atoms with Gasteiger partial charge in [0.15, 0.2) is 8.32 Å². The summed E-state index contributed by atoms with van der Waals surface area (Å²) in [5, 5.41) is 7.47. The van der Waals surface area contributed by atoms with E-state index in [1.807, 2.05) is 0 Å². The molecule has 0 aromatic heterocycles. The Morgan fingerprint density at radius 1 is 1.26 bits per heavy atom. The number of carbonyl (C=O) groups is 1. The molecule has 3 heterocycles. The Balaban J connectivity index is 1.59. The molecule has 0 aliphatic carbocycles. The summed E-state index contributed by atoms with van der Waals surface area (Å²) < 4.78 is 14.4. The van der Waals surface area contributed by atoms with Crippen LogP contribution in [0.5, 0.6) is 0 Å². The Hall–Kier alpha value is -1.60. The standard InChI is InChI=1S/C27H47N3O3Si/c1-9-17-32-25(31)24-22(29-26-28-19(2)18-21-15-16-23(24)30(21)26)14-12-10-11-13-20(3)33-34(7,8)27(4,5)6/h9,19-21,23H,1,10-18H2,2-8H3,(H,28,29,31)/p+1/t19-,20+,21+,23-/m0/s1. The SMILES string of the molecule is C=CCOC(=O)C1=C(CCCCC[C@@H](C)O[Si](C)(C)C(C)(C)C)NC2=[N+]3[C@H](CC[C@@H]13)C[C@H](C)N2. The lowest BCUT2D eigenvalue weighted by molar-refractivity contribution is -0.580. The van der Waals surface area contributed by atoms with E-state index in [4.69, 9.17) is 9.16 Å². The minimum atomic E-state index is -1.72. The lowest BCUT2D eigenvalue weighted by Crippen LogP contribution is -2.59. The summed E-state index contributed by atoms with van der Waals surface area (Å²) in [6.45, 7) is 19.9. The van der Waals surface area contributed by atoms with Crippen LogP contribution >= 0.6 is 0 Å². The highest BCUT2D eigenvalue weighted by molar-refractivity contribution is 6.74. The molecule has 192 valence electrons. The number of unbranched alkanes of at least 4 members (excludes halogenated alkanes) is 2. The maximum absolute atomic E-state index is 13.0. The molecule has 34 heavy (non-hydrogen) atoms. The number of allylic oxidation sites excluding steroid dienone is 1. The first-order chi connectivity index (χ1) is 15.9. The predicted octanol–water partition coefficient (Wildman–Crippen LogP) is 5.22. The van der Waals surface area contributed by atoms with Crippen LogP contribution in [0.4, 0.5) is 0 Å². The van der Waals surface area contributed by atoms with E-state index in [9.17, 15) is 4.79 Å². The summed E-state index contributed by atoms with van der Waals surface area (Å²) in [6, 6.07) is 1.06. The molecule has 3 aliphatic rings. The van der Waals surface area contributed by atoms with Gasteiger partial charge in [0.05, 0.1) is 17.8 Å². The van der Waals surface area contributed by atoms with Crippen LogP contribution in [0.15, 0.2) is 23.9 Å². The normalized spacial score (nSPS) is 25.4. The van der Waals surface area contributed by atoms with Gasteiger partial charge in [0, 0.05) is 18.9 Å². The van der Waals surface area contributed by atoms with Crippen molar-refractivity contribution in [3.05, 3.63) is 23.9 Å². The molecule has 0 spiro atoms. The van der Waals surface area contributed by atoms with Crippen molar-refractivity contribution in [1.82, 2.24) is 10.6 Å². The average molecular weight is 491 g/mol. The van der Waals surface area contributed by atoms with Crippen LogP contribution in [0, 0.1) is 0 Å². The van der Waals surface area contributed by atoms with Gasteiger partial charge >= 0.3 is 11.9 Å². The zero-order valence-electron chi connectivity index (χ0n) is 22.6. The third-order valence-electron chi connectivity index (χ3n) is 8.09. The molecule has 3 rings (SSSR count). The van der Waals surface area contributed by atoms with Crippen LogP contribution in [0.3, 0.4) is 0 Å². The molecule has 2 N–H and O–H groups in total. The number of nitrogens with zero attached hydrogens (tertiary/aromatic N) is 1. The van der Waals surface area contributed by atoms with Gasteiger partial charge in [0.1, 0.15) is 18.2 Å². The zero-order chi connectivity index (χ0) is 25.1. The Bertz CT molecular complexity index is 827. The molecule has 4 atom stereocenters. The molecule has 1 saturated heterocycles. The molecule has 3 aliphatic heterocycles. The van der Waals surface area contributed by atoms with Crippen LogP contribution in [-0.2, 0) is 14.0 Å². The second kappa shape index (κ2) is 11.0. The van der Waals surface area contributed by atoms with Crippen molar-refractivity contribution < 1.29 is 18.5 Å². The second-order valence-corrected chi connectivity index (χ2v) is 16.7. The molecule has 0 amide bonds. The number of guanidine groups is 1. The van der Waals surface area contributed by atoms with E-state index in [0.29, 0.717) is 18.2 Å². The zero-order valence-corrected chi connectivity index (χ0v) is 23.6. The maximum atomic E-state index is 13.0. The number of carbonyl (C=O) groups excluding carboxylic acids is 1. The molecule has 0 aromatic rings. The number of esters is 1. The Morgan fingerprint density at radius 2 is 2.00 bits per heavy atom. The molecule has 1 fully saturated rings. The fourth-order valence-electron chi connectivity index (χ4n) is 5.34. The van der Waals surface area contributed by atoms with Gasteiger partial charge < -0.3 is 9.16 Å². The molecule has 0 aromatic carbocycles. The van der Waals surface area contributed by atoms with Crippen LogP contribution in [0.2, 0.25) is 18.1 Å². The van der Waals surface area contributed by atoms with Gasteiger partial charge in [-0.05, 0) is 57.7 Å². The van der Waals surface area contributed by atoms with Gasteiger partial charge in [0.2, 0.25) is 0 Å². The summed E-state index contributed by atoms with van der Waals surface area (Å²) in [5.74, 6) is 0.889. The molecule has 0 saturated carbocycles. The van der Waals surface area contributed by atoms with E-state index in [0.717, 1.165) is 68.6 Å². The van der Waals surface area contributed by atoms with Gasteiger partial charge in [-0.25, -0.2) is 10.1 Å². The van der Waals surface area contributed by atoms with Crippen LogP contribution in [0.1, 0.15) is 86.0 Å². The third kappa shape index (κ3) is 6.14. The van der Waals surface area contributed by atoms with E-state index >= 15 is 0 Å². The number of ether oxygens (including phenoxy) is 1. The summed E-state index contributed by atoms with van der Waals surface area (Å²) in [4.78, 5) is 13.0. The summed E-state index contributed by atoms with van der Waals surface area (Å²) in [6.07, 6.45) is 10.4. The first-order valence-corrected chi connectivity index (χ1v) is 16.2. The monoisotopic (exact) mass is 490 g/mol. The molecule has 0 unspecified atom stereocenters. The Morgan fingerprint density at radius 3 is 2.68 bits per heavy atom. The van der Waals surface area contributed by atoms with Crippen molar-refractivity contribution in [3.63, 3.8) is 0 Å². The minimum Gasteiger partial charge on any atom is -0.458 e. The number of hydrogen-bond donors (Lipinski definition) is 2. The van der Waals surface area contributed by atoms with Gasteiger partial charge in [-0.2, -0.15) is 0 Å². The van der Waals surface area contributed by atoms with E-state index in [1.54, 1.807) is 6.08 Å². The highest BCUT2D eigenvalue weighted by Crippen LogP contribution is 2.38. The molecular formula is C27H48N3O3Si+. The Kier molecular flexibility index (Phi) is 8.72. The second-order valence-electron chi connectivity index (χ2n) is 12.0. The van der Waals surface area contributed by atoms with E-state index in [1.165, 1.54) is 0 Å². The van der Waals surface area contributed by atoms with Crippen LogP contribution in [-0.4, -0.2) is 55.7 Å². The van der Waals surface area contributed by atoms with E-state index < -0.39 is 8.32 Å². The van der Waals surface area contributed by atoms with E-state index in [-0.39, 0.29) is 23.7 Å². The van der Waals surface area contributed by atoms with Crippen molar-refractivity contribution in [1.29, 1.82) is 0 Å². The van der Waals surface area contributed by atoms with Gasteiger partial charge in [-0.15, -0.1) is 0 Å². The van der Waals surface area contributed by atoms with E-state index in [2.05, 4.69) is 69.5 Å². The van der Waals surface area contributed by atoms with Crippen molar-refractivity contribution in [2.75, 3.05) is 6.61 Å². The topological polar surface area (TPSA) is 62.6 Å². The lowest BCUT2D eigenvalue weighted by Gasteiger charge is -2.38. The molecule has 6 nitrogen and oxygen atoms in total. The van der Waals surface area contributed by atoms with Crippen LogP contribution < -0.4 is 10.6 Å². The number of hydrogen-bond acceptors (Lipinski definition) is 5.